The molecule has 1 aliphatic heterocycles. The summed E-state index contributed by atoms with van der Waals surface area (Å²) < 4.78 is 5.42. The molecule has 1 saturated heterocycles. The standard InChI is InChI=1S/C14H29N3O2/c1-5-11(2)12(15)13(18)16-10-14(17(3)4)6-8-19-9-7-14/h11-12H,5-10,15H2,1-4H3,(H,16,18). The molecule has 0 spiro atoms. The fourth-order valence-electron chi connectivity index (χ4n) is 2.42. The smallest absolute Gasteiger partial charge is 0.237 e. The number of rotatable bonds is 6. The van der Waals surface area contributed by atoms with Gasteiger partial charge in [0, 0.05) is 25.3 Å². The zero-order valence-corrected chi connectivity index (χ0v) is 12.7. The van der Waals surface area contributed by atoms with E-state index in [0.29, 0.717) is 6.54 Å². The second-order valence-electron chi connectivity index (χ2n) is 5.86. The Hall–Kier alpha value is -0.650. The van der Waals surface area contributed by atoms with Crippen LogP contribution in [-0.4, -0.2) is 56.2 Å². The van der Waals surface area contributed by atoms with Crippen LogP contribution in [0, 0.1) is 5.92 Å². The van der Waals surface area contributed by atoms with Gasteiger partial charge in [-0.25, -0.2) is 0 Å². The molecule has 0 aromatic rings. The van der Waals surface area contributed by atoms with Crippen LogP contribution in [0.2, 0.25) is 0 Å². The topological polar surface area (TPSA) is 67.6 Å². The van der Waals surface area contributed by atoms with E-state index in [9.17, 15) is 4.79 Å². The van der Waals surface area contributed by atoms with Crippen LogP contribution in [0.4, 0.5) is 0 Å². The summed E-state index contributed by atoms with van der Waals surface area (Å²) in [4.78, 5) is 14.3. The molecule has 0 saturated carbocycles. The van der Waals surface area contributed by atoms with Gasteiger partial charge in [0.05, 0.1) is 6.04 Å². The summed E-state index contributed by atoms with van der Waals surface area (Å²) in [5.74, 6) is 0.173. The molecule has 0 aromatic carbocycles. The Morgan fingerprint density at radius 2 is 2.00 bits per heavy atom. The zero-order chi connectivity index (χ0) is 14.5. The Morgan fingerprint density at radius 3 is 2.47 bits per heavy atom. The summed E-state index contributed by atoms with van der Waals surface area (Å²) in [5.41, 5.74) is 5.96. The summed E-state index contributed by atoms with van der Waals surface area (Å²) in [5, 5.41) is 3.03. The van der Waals surface area contributed by atoms with Gasteiger partial charge in [0.25, 0.3) is 0 Å². The van der Waals surface area contributed by atoms with E-state index in [0.717, 1.165) is 32.5 Å². The van der Waals surface area contributed by atoms with Gasteiger partial charge >= 0.3 is 0 Å². The lowest BCUT2D eigenvalue weighted by molar-refractivity contribution is -0.124. The molecule has 5 heteroatoms. The van der Waals surface area contributed by atoms with E-state index in [-0.39, 0.29) is 17.4 Å². The summed E-state index contributed by atoms with van der Waals surface area (Å²) in [6.07, 6.45) is 2.80. The third-order valence-electron chi connectivity index (χ3n) is 4.52. The Kier molecular flexibility index (Phi) is 6.23. The van der Waals surface area contributed by atoms with Crippen molar-refractivity contribution in [1.82, 2.24) is 10.2 Å². The summed E-state index contributed by atoms with van der Waals surface area (Å²) in [7, 11) is 4.12. The molecule has 2 atom stereocenters. The van der Waals surface area contributed by atoms with Gasteiger partial charge in [0.15, 0.2) is 0 Å². The molecule has 1 rings (SSSR count). The molecule has 5 nitrogen and oxygen atoms in total. The van der Waals surface area contributed by atoms with Crippen LogP contribution in [0.5, 0.6) is 0 Å². The Morgan fingerprint density at radius 1 is 1.42 bits per heavy atom. The van der Waals surface area contributed by atoms with Gasteiger partial charge in [0.2, 0.25) is 5.91 Å². The molecule has 1 fully saturated rings. The third-order valence-corrected chi connectivity index (χ3v) is 4.52. The molecule has 0 bridgehead atoms. The molecule has 1 aliphatic rings. The predicted molar refractivity (Wildman–Crippen MR) is 76.9 cm³/mol. The highest BCUT2D eigenvalue weighted by atomic mass is 16.5. The monoisotopic (exact) mass is 271 g/mol. The van der Waals surface area contributed by atoms with Crippen LogP contribution in [0.3, 0.4) is 0 Å². The normalized spacial score (nSPS) is 22.0. The summed E-state index contributed by atoms with van der Waals surface area (Å²) in [6, 6.07) is -0.413. The van der Waals surface area contributed by atoms with Gasteiger partial charge in [-0.1, -0.05) is 20.3 Å². The first-order chi connectivity index (χ1) is 8.93. The molecule has 0 aliphatic carbocycles. The first kappa shape index (κ1) is 16.4. The van der Waals surface area contributed by atoms with E-state index < -0.39 is 6.04 Å². The van der Waals surface area contributed by atoms with Crippen LogP contribution in [0.1, 0.15) is 33.1 Å². The van der Waals surface area contributed by atoms with E-state index in [1.165, 1.54) is 0 Å². The molecule has 112 valence electrons. The lowest BCUT2D eigenvalue weighted by atomic mass is 9.88. The van der Waals surface area contributed by atoms with E-state index in [4.69, 9.17) is 10.5 Å². The van der Waals surface area contributed by atoms with Gasteiger partial charge < -0.3 is 20.7 Å². The van der Waals surface area contributed by atoms with Crippen LogP contribution < -0.4 is 11.1 Å². The van der Waals surface area contributed by atoms with E-state index >= 15 is 0 Å². The van der Waals surface area contributed by atoms with Gasteiger partial charge in [-0.15, -0.1) is 0 Å². The highest BCUT2D eigenvalue weighted by molar-refractivity contribution is 5.81. The zero-order valence-electron chi connectivity index (χ0n) is 12.7. The lowest BCUT2D eigenvalue weighted by Gasteiger charge is -2.43. The number of nitrogens with one attached hydrogen (secondary N) is 1. The molecule has 1 heterocycles. The van der Waals surface area contributed by atoms with Crippen molar-refractivity contribution in [1.29, 1.82) is 0 Å². The van der Waals surface area contributed by atoms with E-state index in [2.05, 4.69) is 31.2 Å². The number of carbonyl (C=O) groups excluding carboxylic acids is 1. The first-order valence-electron chi connectivity index (χ1n) is 7.21. The number of nitrogens with two attached hydrogens (primary N) is 1. The fraction of sp³-hybridized carbons (Fsp3) is 0.929. The Bertz CT molecular complexity index is 288. The number of nitrogens with zero attached hydrogens (tertiary/aromatic N) is 1. The van der Waals surface area contributed by atoms with Crippen molar-refractivity contribution in [3.8, 4) is 0 Å². The van der Waals surface area contributed by atoms with Crippen molar-refractivity contribution in [2.45, 2.75) is 44.7 Å². The van der Waals surface area contributed by atoms with Gasteiger partial charge in [-0.3, -0.25) is 4.79 Å². The van der Waals surface area contributed by atoms with Crippen molar-refractivity contribution < 1.29 is 9.53 Å². The molecule has 19 heavy (non-hydrogen) atoms. The molecular weight excluding hydrogens is 242 g/mol. The fourth-order valence-corrected chi connectivity index (χ4v) is 2.42. The van der Waals surface area contributed by atoms with Crippen molar-refractivity contribution in [2.24, 2.45) is 11.7 Å². The van der Waals surface area contributed by atoms with Gasteiger partial charge in [0.1, 0.15) is 0 Å². The molecule has 0 aromatic heterocycles. The predicted octanol–water partition coefficient (Wildman–Crippen LogP) is 0.587. The Labute approximate surface area is 116 Å². The number of ether oxygens (including phenoxy) is 1. The average Bonchev–Trinajstić information content (AvgIpc) is 2.43. The SMILES string of the molecule is CCC(C)C(N)C(=O)NCC1(N(C)C)CCOCC1. The Balaban J connectivity index is 2.55. The minimum absolute atomic E-state index is 0.00306. The highest BCUT2D eigenvalue weighted by Crippen LogP contribution is 2.25. The molecule has 1 amide bonds. The molecule has 0 radical (unpaired) electrons. The molecular formula is C14H29N3O2. The van der Waals surface area contributed by atoms with Crippen molar-refractivity contribution >= 4 is 5.91 Å². The molecule has 2 unspecified atom stereocenters. The third kappa shape index (κ3) is 4.16. The van der Waals surface area contributed by atoms with Crippen molar-refractivity contribution in [3.63, 3.8) is 0 Å². The van der Waals surface area contributed by atoms with Gasteiger partial charge in [-0.2, -0.15) is 0 Å². The average molecular weight is 271 g/mol. The summed E-state index contributed by atoms with van der Waals surface area (Å²) >= 11 is 0. The second kappa shape index (κ2) is 7.22. The number of hydrogen-bond donors (Lipinski definition) is 2. The van der Waals surface area contributed by atoms with Crippen LogP contribution in [0.25, 0.3) is 0 Å². The second-order valence-corrected chi connectivity index (χ2v) is 5.86. The molecule has 3 N–H and O–H groups in total. The van der Waals surface area contributed by atoms with Crippen LogP contribution in [-0.2, 0) is 9.53 Å². The number of amides is 1. The first-order valence-corrected chi connectivity index (χ1v) is 7.21. The number of likely N-dealkylation sites (N-methyl/N-ethyl adjacent to an activating group) is 1. The maximum atomic E-state index is 12.1. The lowest BCUT2D eigenvalue weighted by Crippen LogP contribution is -2.57. The van der Waals surface area contributed by atoms with Crippen molar-refractivity contribution in [2.75, 3.05) is 33.9 Å². The van der Waals surface area contributed by atoms with Crippen LogP contribution in [0.15, 0.2) is 0 Å². The minimum atomic E-state index is -0.413. The summed E-state index contributed by atoms with van der Waals surface area (Å²) in [6.45, 7) is 6.22. The number of carbonyl (C=O) groups is 1. The van der Waals surface area contributed by atoms with Gasteiger partial charge in [-0.05, 0) is 32.9 Å². The quantitative estimate of drug-likeness (QED) is 0.742. The number of hydrogen-bond acceptors (Lipinski definition) is 4. The minimum Gasteiger partial charge on any atom is -0.381 e. The van der Waals surface area contributed by atoms with E-state index in [1.54, 1.807) is 0 Å². The largest absolute Gasteiger partial charge is 0.381 e. The maximum Gasteiger partial charge on any atom is 0.237 e. The highest BCUT2D eigenvalue weighted by Gasteiger charge is 2.35. The maximum absolute atomic E-state index is 12.1. The van der Waals surface area contributed by atoms with E-state index in [1.807, 2.05) is 6.92 Å². The van der Waals surface area contributed by atoms with Crippen LogP contribution >= 0.6 is 0 Å². The van der Waals surface area contributed by atoms with Crippen molar-refractivity contribution in [3.05, 3.63) is 0 Å².